The zero-order chi connectivity index (χ0) is 16.7. The first-order chi connectivity index (χ1) is 11.6. The summed E-state index contributed by atoms with van der Waals surface area (Å²) in [6, 6.07) is 8.48. The van der Waals surface area contributed by atoms with Crippen molar-refractivity contribution in [3.63, 3.8) is 0 Å². The third-order valence-corrected chi connectivity index (χ3v) is 5.00. The number of nitrogens with one attached hydrogen (secondary N) is 1. The van der Waals surface area contributed by atoms with Gasteiger partial charge in [-0.1, -0.05) is 18.2 Å². The molecule has 1 saturated carbocycles. The van der Waals surface area contributed by atoms with E-state index in [9.17, 15) is 5.11 Å². The van der Waals surface area contributed by atoms with E-state index in [2.05, 4.69) is 38.4 Å². The second kappa shape index (κ2) is 6.06. The molecule has 2 aromatic rings. The van der Waals surface area contributed by atoms with E-state index < -0.39 is 6.10 Å². The summed E-state index contributed by atoms with van der Waals surface area (Å²) in [5, 5.41) is 12.9. The topological polar surface area (TPSA) is 61.3 Å². The number of benzene rings is 1. The number of nitrogens with zero attached hydrogens (tertiary/aromatic N) is 3. The summed E-state index contributed by atoms with van der Waals surface area (Å²) in [5.41, 5.74) is 4.83. The molecular formula is C19H24N4O. The SMILES string of the molecule is CNc1nc(C2CC2)cc(N2CCc3cc([C@@H](C)O)ccc3C2)n1. The molecule has 0 bridgehead atoms. The molecule has 0 saturated heterocycles. The monoisotopic (exact) mass is 324 g/mol. The molecule has 1 aliphatic heterocycles. The van der Waals surface area contributed by atoms with Crippen LogP contribution < -0.4 is 10.2 Å². The summed E-state index contributed by atoms with van der Waals surface area (Å²) in [6.45, 7) is 3.62. The summed E-state index contributed by atoms with van der Waals surface area (Å²) in [7, 11) is 1.87. The lowest BCUT2D eigenvalue weighted by Crippen LogP contribution is -2.31. The number of fused-ring (bicyclic) bond motifs is 1. The van der Waals surface area contributed by atoms with Gasteiger partial charge >= 0.3 is 0 Å². The first-order valence-electron chi connectivity index (χ1n) is 8.75. The van der Waals surface area contributed by atoms with Crippen LogP contribution in [-0.2, 0) is 13.0 Å². The fourth-order valence-electron chi connectivity index (χ4n) is 3.34. The molecule has 24 heavy (non-hydrogen) atoms. The minimum atomic E-state index is -0.408. The van der Waals surface area contributed by atoms with Gasteiger partial charge in [0.15, 0.2) is 0 Å². The molecule has 0 radical (unpaired) electrons. The number of aromatic nitrogens is 2. The molecule has 4 rings (SSSR count). The van der Waals surface area contributed by atoms with E-state index in [4.69, 9.17) is 0 Å². The van der Waals surface area contributed by atoms with Gasteiger partial charge in [-0.2, -0.15) is 4.98 Å². The maximum Gasteiger partial charge on any atom is 0.224 e. The summed E-state index contributed by atoms with van der Waals surface area (Å²) in [5.74, 6) is 2.34. The van der Waals surface area contributed by atoms with Gasteiger partial charge in [0, 0.05) is 32.1 Å². The first-order valence-corrected chi connectivity index (χ1v) is 8.75. The Bertz CT molecular complexity index is 755. The van der Waals surface area contributed by atoms with Crippen LogP contribution in [0.5, 0.6) is 0 Å². The average Bonchev–Trinajstić information content (AvgIpc) is 3.45. The van der Waals surface area contributed by atoms with Gasteiger partial charge in [-0.15, -0.1) is 0 Å². The molecule has 0 unspecified atom stereocenters. The molecule has 0 amide bonds. The zero-order valence-corrected chi connectivity index (χ0v) is 14.3. The predicted octanol–water partition coefficient (Wildman–Crippen LogP) is 3.01. The average molecular weight is 324 g/mol. The fourth-order valence-corrected chi connectivity index (χ4v) is 3.34. The second-order valence-corrected chi connectivity index (χ2v) is 6.87. The Morgan fingerprint density at radius 2 is 2.04 bits per heavy atom. The van der Waals surface area contributed by atoms with Gasteiger partial charge in [0.05, 0.1) is 11.8 Å². The van der Waals surface area contributed by atoms with E-state index >= 15 is 0 Å². The van der Waals surface area contributed by atoms with Gasteiger partial charge in [0.1, 0.15) is 5.82 Å². The van der Waals surface area contributed by atoms with Crippen molar-refractivity contribution in [2.75, 3.05) is 23.8 Å². The fraction of sp³-hybridized carbons (Fsp3) is 0.474. The normalized spacial score (nSPS) is 18.2. The molecule has 1 fully saturated rings. The lowest BCUT2D eigenvalue weighted by Gasteiger charge is -2.30. The van der Waals surface area contributed by atoms with Crippen molar-refractivity contribution in [3.05, 3.63) is 46.6 Å². The Labute approximate surface area is 142 Å². The van der Waals surface area contributed by atoms with E-state index in [-0.39, 0.29) is 0 Å². The molecule has 2 N–H and O–H groups in total. The smallest absolute Gasteiger partial charge is 0.224 e. The Morgan fingerprint density at radius 1 is 1.21 bits per heavy atom. The third kappa shape index (κ3) is 2.96. The van der Waals surface area contributed by atoms with Crippen LogP contribution in [0.2, 0.25) is 0 Å². The molecule has 2 aliphatic rings. The lowest BCUT2D eigenvalue weighted by molar-refractivity contribution is 0.199. The summed E-state index contributed by atoms with van der Waals surface area (Å²) in [6.07, 6.45) is 3.05. The highest BCUT2D eigenvalue weighted by atomic mass is 16.3. The van der Waals surface area contributed by atoms with Crippen molar-refractivity contribution in [3.8, 4) is 0 Å². The minimum Gasteiger partial charge on any atom is -0.389 e. The van der Waals surface area contributed by atoms with Crippen molar-refractivity contribution >= 4 is 11.8 Å². The number of aliphatic hydroxyl groups is 1. The van der Waals surface area contributed by atoms with Crippen LogP contribution in [0.1, 0.15) is 54.2 Å². The van der Waals surface area contributed by atoms with Gasteiger partial charge in [0.2, 0.25) is 5.95 Å². The number of hydrogen-bond acceptors (Lipinski definition) is 5. The maximum atomic E-state index is 9.77. The highest BCUT2D eigenvalue weighted by molar-refractivity contribution is 5.49. The maximum absolute atomic E-state index is 9.77. The molecule has 1 aromatic carbocycles. The highest BCUT2D eigenvalue weighted by Gasteiger charge is 2.27. The molecule has 1 aliphatic carbocycles. The van der Waals surface area contributed by atoms with E-state index in [1.165, 1.54) is 29.7 Å². The Kier molecular flexibility index (Phi) is 3.88. The van der Waals surface area contributed by atoms with E-state index in [1.54, 1.807) is 0 Å². The molecule has 5 heteroatoms. The van der Waals surface area contributed by atoms with E-state index in [1.807, 2.05) is 20.0 Å². The van der Waals surface area contributed by atoms with Gasteiger partial charge in [-0.25, -0.2) is 4.98 Å². The number of hydrogen-bond donors (Lipinski definition) is 2. The van der Waals surface area contributed by atoms with Crippen molar-refractivity contribution < 1.29 is 5.11 Å². The molecule has 126 valence electrons. The van der Waals surface area contributed by atoms with Crippen molar-refractivity contribution in [2.24, 2.45) is 0 Å². The van der Waals surface area contributed by atoms with Crippen LogP contribution in [0.4, 0.5) is 11.8 Å². The van der Waals surface area contributed by atoms with Crippen LogP contribution in [-0.4, -0.2) is 28.7 Å². The van der Waals surface area contributed by atoms with Crippen LogP contribution in [0.3, 0.4) is 0 Å². The largest absolute Gasteiger partial charge is 0.389 e. The Morgan fingerprint density at radius 3 is 2.75 bits per heavy atom. The first kappa shape index (κ1) is 15.4. The highest BCUT2D eigenvalue weighted by Crippen LogP contribution is 2.40. The van der Waals surface area contributed by atoms with Gasteiger partial charge < -0.3 is 15.3 Å². The van der Waals surface area contributed by atoms with Gasteiger partial charge in [-0.3, -0.25) is 0 Å². The summed E-state index contributed by atoms with van der Waals surface area (Å²) < 4.78 is 0. The van der Waals surface area contributed by atoms with E-state index in [0.717, 1.165) is 30.9 Å². The quantitative estimate of drug-likeness (QED) is 0.905. The molecule has 2 heterocycles. The number of anilines is 2. The van der Waals surface area contributed by atoms with Crippen molar-refractivity contribution in [1.82, 2.24) is 9.97 Å². The molecule has 1 aromatic heterocycles. The minimum absolute atomic E-state index is 0.408. The van der Waals surface area contributed by atoms with Crippen molar-refractivity contribution in [2.45, 2.75) is 44.8 Å². The van der Waals surface area contributed by atoms with Gasteiger partial charge in [0.25, 0.3) is 0 Å². The number of aliphatic hydroxyl groups excluding tert-OH is 1. The van der Waals surface area contributed by atoms with Crippen LogP contribution in [0.15, 0.2) is 24.3 Å². The second-order valence-electron chi connectivity index (χ2n) is 6.87. The summed E-state index contributed by atoms with van der Waals surface area (Å²) in [4.78, 5) is 11.6. The predicted molar refractivity (Wildman–Crippen MR) is 95.4 cm³/mol. The van der Waals surface area contributed by atoms with Crippen LogP contribution >= 0.6 is 0 Å². The lowest BCUT2D eigenvalue weighted by atomic mass is 9.96. The van der Waals surface area contributed by atoms with Crippen molar-refractivity contribution in [1.29, 1.82) is 0 Å². The Hall–Kier alpha value is -2.14. The molecular weight excluding hydrogens is 300 g/mol. The molecule has 0 spiro atoms. The van der Waals surface area contributed by atoms with E-state index in [0.29, 0.717) is 11.9 Å². The van der Waals surface area contributed by atoms with Gasteiger partial charge in [-0.05, 0) is 42.9 Å². The zero-order valence-electron chi connectivity index (χ0n) is 14.3. The Balaban J connectivity index is 1.61. The van der Waals surface area contributed by atoms with Crippen LogP contribution in [0, 0.1) is 0 Å². The summed E-state index contributed by atoms with van der Waals surface area (Å²) >= 11 is 0. The molecule has 5 nitrogen and oxygen atoms in total. The standard InChI is InChI=1S/C19H24N4O/c1-12(24)14-5-6-16-11-23(8-7-15(16)9-14)18-10-17(13-3-4-13)21-19(20-2)22-18/h5-6,9-10,12-13,24H,3-4,7-8,11H2,1-2H3,(H,20,21,22)/t12-/m1/s1. The van der Waals surface area contributed by atoms with Crippen LogP contribution in [0.25, 0.3) is 0 Å². The third-order valence-electron chi connectivity index (χ3n) is 5.00. The number of rotatable bonds is 4. The molecule has 1 atom stereocenters.